The van der Waals surface area contributed by atoms with Gasteiger partial charge in [-0.1, -0.05) is 0 Å². The van der Waals surface area contributed by atoms with Crippen LogP contribution >= 0.6 is 15.9 Å². The largest absolute Gasteiger partial charge is 0.481 e. The van der Waals surface area contributed by atoms with E-state index < -0.39 is 11.6 Å². The Labute approximate surface area is 109 Å². The molecule has 0 bridgehead atoms. The molecular weight excluding hydrogens is 286 g/mol. The molecular formula is C12H16BrNO3. The fraction of sp³-hybridized carbons (Fsp3) is 0.417. The first kappa shape index (κ1) is 13.8. The number of nitrogens with two attached hydrogens (primary N) is 1. The van der Waals surface area contributed by atoms with Gasteiger partial charge in [-0.25, -0.2) is 4.79 Å². The van der Waals surface area contributed by atoms with E-state index in [1.54, 1.807) is 18.2 Å². The first-order chi connectivity index (χ1) is 7.78. The third-order valence-corrected chi connectivity index (χ3v) is 2.34. The van der Waals surface area contributed by atoms with Crippen LogP contribution in [0.15, 0.2) is 22.7 Å². The van der Waals surface area contributed by atoms with E-state index in [4.69, 9.17) is 15.2 Å². The number of carbonyl (C=O) groups is 1. The van der Waals surface area contributed by atoms with Gasteiger partial charge in [0.1, 0.15) is 11.4 Å². The van der Waals surface area contributed by atoms with Crippen molar-refractivity contribution in [1.29, 1.82) is 0 Å². The highest BCUT2D eigenvalue weighted by Crippen LogP contribution is 2.26. The Morgan fingerprint density at radius 3 is 2.59 bits per heavy atom. The van der Waals surface area contributed by atoms with Crippen molar-refractivity contribution in [2.24, 2.45) is 0 Å². The summed E-state index contributed by atoms with van der Waals surface area (Å²) in [4.78, 5) is 11.4. The number of rotatable bonds is 3. The highest BCUT2D eigenvalue weighted by molar-refractivity contribution is 9.10. The number of benzene rings is 1. The molecule has 0 amide bonds. The van der Waals surface area contributed by atoms with Gasteiger partial charge in [-0.2, -0.15) is 0 Å². The van der Waals surface area contributed by atoms with Crippen LogP contribution < -0.4 is 10.5 Å². The van der Waals surface area contributed by atoms with Crippen molar-refractivity contribution < 1.29 is 14.3 Å². The van der Waals surface area contributed by atoms with E-state index in [2.05, 4.69) is 15.9 Å². The van der Waals surface area contributed by atoms with Crippen molar-refractivity contribution in [1.82, 2.24) is 0 Å². The second-order valence-corrected chi connectivity index (χ2v) is 5.42. The number of carbonyl (C=O) groups excluding carboxylic acids is 1. The Balaban J connectivity index is 2.53. The second kappa shape index (κ2) is 5.40. The number of nitrogen functional groups attached to an aromatic ring is 1. The van der Waals surface area contributed by atoms with E-state index in [0.29, 0.717) is 15.9 Å². The fourth-order valence-electron chi connectivity index (χ4n) is 1.14. The smallest absolute Gasteiger partial charge is 0.344 e. The average molecular weight is 302 g/mol. The van der Waals surface area contributed by atoms with Gasteiger partial charge < -0.3 is 15.2 Å². The number of hydrogen-bond acceptors (Lipinski definition) is 4. The zero-order chi connectivity index (χ0) is 13.1. The zero-order valence-electron chi connectivity index (χ0n) is 10.1. The van der Waals surface area contributed by atoms with Crippen LogP contribution in [0.25, 0.3) is 0 Å². The normalized spacial score (nSPS) is 11.1. The topological polar surface area (TPSA) is 61.5 Å². The number of halogens is 1. The molecule has 0 aliphatic rings. The van der Waals surface area contributed by atoms with E-state index >= 15 is 0 Å². The molecule has 0 aliphatic carbocycles. The van der Waals surface area contributed by atoms with Crippen molar-refractivity contribution in [3.8, 4) is 5.75 Å². The third-order valence-electron chi connectivity index (χ3n) is 1.72. The maximum Gasteiger partial charge on any atom is 0.344 e. The lowest BCUT2D eigenvalue weighted by atomic mass is 10.2. The molecule has 0 unspecified atom stereocenters. The van der Waals surface area contributed by atoms with Crippen LogP contribution in [0.1, 0.15) is 20.8 Å². The lowest BCUT2D eigenvalue weighted by Gasteiger charge is -2.19. The van der Waals surface area contributed by atoms with Gasteiger partial charge in [0, 0.05) is 5.69 Å². The van der Waals surface area contributed by atoms with Crippen LogP contribution in [0.5, 0.6) is 5.75 Å². The Morgan fingerprint density at radius 1 is 1.41 bits per heavy atom. The van der Waals surface area contributed by atoms with Crippen LogP contribution in [0.2, 0.25) is 0 Å². The number of anilines is 1. The van der Waals surface area contributed by atoms with Gasteiger partial charge in [0.15, 0.2) is 6.61 Å². The molecule has 4 nitrogen and oxygen atoms in total. The Bertz CT molecular complexity index is 413. The highest BCUT2D eigenvalue weighted by atomic mass is 79.9. The zero-order valence-corrected chi connectivity index (χ0v) is 11.7. The molecule has 0 radical (unpaired) electrons. The molecule has 94 valence electrons. The van der Waals surface area contributed by atoms with Crippen molar-refractivity contribution >= 4 is 27.6 Å². The molecule has 1 rings (SSSR count). The van der Waals surface area contributed by atoms with Crippen molar-refractivity contribution in [2.45, 2.75) is 26.4 Å². The highest BCUT2D eigenvalue weighted by Gasteiger charge is 2.16. The number of ether oxygens (including phenoxy) is 2. The molecule has 0 atom stereocenters. The molecule has 0 aromatic heterocycles. The summed E-state index contributed by atoms with van der Waals surface area (Å²) in [7, 11) is 0. The summed E-state index contributed by atoms with van der Waals surface area (Å²) < 4.78 is 11.2. The minimum Gasteiger partial charge on any atom is -0.481 e. The predicted octanol–water partition coefficient (Wildman–Crippen LogP) is 2.75. The first-order valence-corrected chi connectivity index (χ1v) is 5.97. The summed E-state index contributed by atoms with van der Waals surface area (Å²) in [5.41, 5.74) is 5.71. The lowest BCUT2D eigenvalue weighted by Crippen LogP contribution is -2.27. The SMILES string of the molecule is CC(C)(C)OC(=O)COc1ccc(N)cc1Br. The second-order valence-electron chi connectivity index (χ2n) is 4.56. The van der Waals surface area contributed by atoms with E-state index in [0.717, 1.165) is 0 Å². The third kappa shape index (κ3) is 5.08. The summed E-state index contributed by atoms with van der Waals surface area (Å²) in [5.74, 6) is 0.159. The van der Waals surface area contributed by atoms with Crippen LogP contribution in [0.4, 0.5) is 5.69 Å². The van der Waals surface area contributed by atoms with Crippen LogP contribution in [-0.4, -0.2) is 18.2 Å². The van der Waals surface area contributed by atoms with E-state index in [9.17, 15) is 4.79 Å². The maximum absolute atomic E-state index is 11.4. The Morgan fingerprint density at radius 2 is 2.06 bits per heavy atom. The van der Waals surface area contributed by atoms with E-state index in [1.807, 2.05) is 20.8 Å². The fourth-order valence-corrected chi connectivity index (χ4v) is 1.65. The Hall–Kier alpha value is -1.23. The van der Waals surface area contributed by atoms with Crippen molar-refractivity contribution in [3.63, 3.8) is 0 Å². The monoisotopic (exact) mass is 301 g/mol. The minimum absolute atomic E-state index is 0.125. The molecule has 0 saturated carbocycles. The van der Waals surface area contributed by atoms with Crippen LogP contribution in [-0.2, 0) is 9.53 Å². The molecule has 1 aromatic carbocycles. The van der Waals surface area contributed by atoms with Gasteiger partial charge in [0.05, 0.1) is 4.47 Å². The first-order valence-electron chi connectivity index (χ1n) is 5.17. The standard InChI is InChI=1S/C12H16BrNO3/c1-12(2,3)17-11(15)7-16-10-5-4-8(14)6-9(10)13/h4-6H,7,14H2,1-3H3. The number of hydrogen-bond donors (Lipinski definition) is 1. The summed E-state index contributed by atoms with van der Waals surface area (Å²) >= 11 is 3.30. The average Bonchev–Trinajstić information content (AvgIpc) is 2.13. The molecule has 0 heterocycles. The lowest BCUT2D eigenvalue weighted by molar-refractivity contribution is -0.157. The van der Waals surface area contributed by atoms with E-state index in [1.165, 1.54) is 0 Å². The molecule has 0 aliphatic heterocycles. The van der Waals surface area contributed by atoms with Gasteiger partial charge in [-0.3, -0.25) is 0 Å². The minimum atomic E-state index is -0.501. The van der Waals surface area contributed by atoms with Gasteiger partial charge >= 0.3 is 5.97 Å². The van der Waals surface area contributed by atoms with E-state index in [-0.39, 0.29) is 6.61 Å². The molecule has 1 aromatic rings. The van der Waals surface area contributed by atoms with Crippen LogP contribution in [0, 0.1) is 0 Å². The van der Waals surface area contributed by atoms with Gasteiger partial charge in [-0.15, -0.1) is 0 Å². The molecule has 2 N–H and O–H groups in total. The molecule has 0 spiro atoms. The molecule has 0 fully saturated rings. The van der Waals surface area contributed by atoms with Crippen LogP contribution in [0.3, 0.4) is 0 Å². The predicted molar refractivity (Wildman–Crippen MR) is 69.9 cm³/mol. The summed E-state index contributed by atoms with van der Waals surface area (Å²) in [6.45, 7) is 5.30. The van der Waals surface area contributed by atoms with Gasteiger partial charge in [0.25, 0.3) is 0 Å². The quantitative estimate of drug-likeness (QED) is 0.689. The van der Waals surface area contributed by atoms with Crippen molar-refractivity contribution in [2.75, 3.05) is 12.3 Å². The Kier molecular flexibility index (Phi) is 4.40. The molecule has 0 saturated heterocycles. The maximum atomic E-state index is 11.4. The van der Waals surface area contributed by atoms with Gasteiger partial charge in [-0.05, 0) is 54.9 Å². The molecule has 5 heteroatoms. The van der Waals surface area contributed by atoms with Gasteiger partial charge in [0.2, 0.25) is 0 Å². The van der Waals surface area contributed by atoms with Crippen molar-refractivity contribution in [3.05, 3.63) is 22.7 Å². The summed E-state index contributed by atoms with van der Waals surface area (Å²) in [5, 5.41) is 0. The number of esters is 1. The summed E-state index contributed by atoms with van der Waals surface area (Å²) in [6.07, 6.45) is 0. The summed E-state index contributed by atoms with van der Waals surface area (Å²) in [6, 6.07) is 5.11. The molecule has 17 heavy (non-hydrogen) atoms.